The summed E-state index contributed by atoms with van der Waals surface area (Å²) in [5.74, 6) is 1.17. The van der Waals surface area contributed by atoms with Gasteiger partial charge in [0.25, 0.3) is 5.91 Å². The summed E-state index contributed by atoms with van der Waals surface area (Å²) in [5.41, 5.74) is 2.12. The number of likely N-dealkylation sites (tertiary alicyclic amines) is 1. The van der Waals surface area contributed by atoms with Gasteiger partial charge in [0.1, 0.15) is 0 Å². The summed E-state index contributed by atoms with van der Waals surface area (Å²) in [6.45, 7) is 3.35. The maximum absolute atomic E-state index is 12.6. The third kappa shape index (κ3) is 3.26. The highest BCUT2D eigenvalue weighted by atomic mass is 32.1. The lowest BCUT2D eigenvalue weighted by Gasteiger charge is -2.55. The zero-order chi connectivity index (χ0) is 19.1. The molecule has 3 fully saturated rings. The van der Waals surface area contributed by atoms with Crippen LogP contribution < -0.4 is 5.32 Å². The molecule has 4 aliphatic rings. The number of hydrogen-bond donors (Lipinski definition) is 1. The van der Waals surface area contributed by atoms with E-state index in [1.54, 1.807) is 30.1 Å². The normalized spacial score (nSPS) is 32.0. The minimum Gasteiger partial charge on any atom is -0.342 e. The third-order valence-corrected chi connectivity index (χ3v) is 7.40. The van der Waals surface area contributed by atoms with Gasteiger partial charge in [-0.1, -0.05) is 18.1 Å². The van der Waals surface area contributed by atoms with Crippen LogP contribution in [0.5, 0.6) is 0 Å². The van der Waals surface area contributed by atoms with Crippen molar-refractivity contribution in [3.63, 3.8) is 0 Å². The van der Waals surface area contributed by atoms with Gasteiger partial charge in [0.05, 0.1) is 11.6 Å². The fourth-order valence-electron chi connectivity index (χ4n) is 5.94. The number of nitrogens with one attached hydrogen (secondary N) is 1. The Morgan fingerprint density at radius 1 is 1.25 bits per heavy atom. The number of thiocarbonyl (C=S) groups is 1. The molecular formula is C22H28N4OS. The van der Waals surface area contributed by atoms with Crippen LogP contribution in [0.25, 0.3) is 0 Å². The summed E-state index contributed by atoms with van der Waals surface area (Å²) in [5, 5.41) is 3.54. The minimum absolute atomic E-state index is 0.164. The summed E-state index contributed by atoms with van der Waals surface area (Å²) in [7, 11) is 0. The van der Waals surface area contributed by atoms with E-state index in [-0.39, 0.29) is 5.91 Å². The van der Waals surface area contributed by atoms with Crippen LogP contribution in [0.3, 0.4) is 0 Å². The van der Waals surface area contributed by atoms with E-state index < -0.39 is 0 Å². The van der Waals surface area contributed by atoms with Crippen molar-refractivity contribution in [2.24, 2.45) is 11.8 Å². The van der Waals surface area contributed by atoms with Gasteiger partial charge in [-0.2, -0.15) is 0 Å². The summed E-state index contributed by atoms with van der Waals surface area (Å²) >= 11 is 5.71. The number of carbonyl (C=O) groups is 1. The highest BCUT2D eigenvalue weighted by molar-refractivity contribution is 7.80. The largest absolute Gasteiger partial charge is 0.342 e. The Bertz CT molecular complexity index is 795. The van der Waals surface area contributed by atoms with Crippen molar-refractivity contribution in [1.82, 2.24) is 20.1 Å². The van der Waals surface area contributed by atoms with Crippen LogP contribution in [0, 0.1) is 11.8 Å². The summed E-state index contributed by atoms with van der Waals surface area (Å²) in [4.78, 5) is 21.6. The molecule has 0 saturated carbocycles. The molecule has 5 nitrogen and oxygen atoms in total. The van der Waals surface area contributed by atoms with Crippen molar-refractivity contribution in [2.45, 2.75) is 50.6 Å². The van der Waals surface area contributed by atoms with Gasteiger partial charge in [-0.25, -0.2) is 0 Å². The standard InChI is InChI=1S/C22H28N4OS/c27-21(16-5-3-8-23-13-16)24-22(28)26-10-4-6-15-11-17-12-18(20(15)26)14-25-9-2-1-7-19(17)25/h3,5,8,11,13,17-20H,1-2,4,6-7,9-10,12,14H2,(H,24,27,28). The molecule has 6 heteroatoms. The van der Waals surface area contributed by atoms with E-state index >= 15 is 0 Å². The van der Waals surface area contributed by atoms with Gasteiger partial charge in [0.15, 0.2) is 5.11 Å². The Kier molecular flexibility index (Phi) is 4.93. The number of carbonyl (C=O) groups excluding carboxylic acids is 1. The average molecular weight is 397 g/mol. The molecule has 1 aromatic heterocycles. The molecule has 0 radical (unpaired) electrons. The number of rotatable bonds is 1. The van der Waals surface area contributed by atoms with Gasteiger partial charge in [-0.3, -0.25) is 20.0 Å². The summed E-state index contributed by atoms with van der Waals surface area (Å²) in [6.07, 6.45) is 13.5. The van der Waals surface area contributed by atoms with Gasteiger partial charge in [-0.05, 0) is 74.8 Å². The first-order valence-corrected chi connectivity index (χ1v) is 11.1. The van der Waals surface area contributed by atoms with Crippen molar-refractivity contribution in [3.05, 3.63) is 41.7 Å². The van der Waals surface area contributed by atoms with E-state index in [0.29, 0.717) is 28.6 Å². The number of nitrogens with zero attached hydrogens (tertiary/aromatic N) is 3. The van der Waals surface area contributed by atoms with Crippen LogP contribution in [-0.2, 0) is 0 Å². The maximum atomic E-state index is 12.6. The van der Waals surface area contributed by atoms with Crippen LogP contribution in [0.2, 0.25) is 0 Å². The first-order chi connectivity index (χ1) is 13.7. The van der Waals surface area contributed by atoms with Crippen LogP contribution in [0.15, 0.2) is 36.2 Å². The van der Waals surface area contributed by atoms with Gasteiger partial charge in [0, 0.05) is 31.5 Å². The molecule has 3 aliphatic heterocycles. The van der Waals surface area contributed by atoms with Gasteiger partial charge in [0.2, 0.25) is 0 Å². The molecule has 1 aromatic rings. The molecule has 2 bridgehead atoms. The zero-order valence-corrected chi connectivity index (χ0v) is 17.0. The van der Waals surface area contributed by atoms with E-state index in [9.17, 15) is 4.79 Å². The smallest absolute Gasteiger partial charge is 0.258 e. The Balaban J connectivity index is 1.35. The average Bonchev–Trinajstić information content (AvgIpc) is 2.74. The maximum Gasteiger partial charge on any atom is 0.258 e. The van der Waals surface area contributed by atoms with Crippen LogP contribution in [-0.4, -0.2) is 57.5 Å². The number of piperidine rings is 3. The zero-order valence-electron chi connectivity index (χ0n) is 16.2. The van der Waals surface area contributed by atoms with Crippen molar-refractivity contribution < 1.29 is 4.79 Å². The van der Waals surface area contributed by atoms with Crippen molar-refractivity contribution >= 4 is 23.2 Å². The van der Waals surface area contributed by atoms with Gasteiger partial charge in [-0.15, -0.1) is 0 Å². The molecule has 3 saturated heterocycles. The molecular weight excluding hydrogens is 368 g/mol. The molecule has 1 N–H and O–H groups in total. The molecule has 28 heavy (non-hydrogen) atoms. The minimum atomic E-state index is -0.164. The van der Waals surface area contributed by atoms with Crippen molar-refractivity contribution in [3.8, 4) is 0 Å². The molecule has 4 unspecified atom stereocenters. The summed E-state index contributed by atoms with van der Waals surface area (Å²) < 4.78 is 0. The fourth-order valence-corrected chi connectivity index (χ4v) is 6.24. The molecule has 0 aromatic carbocycles. The number of fused-ring (bicyclic) bond motifs is 6. The van der Waals surface area contributed by atoms with E-state index in [1.165, 1.54) is 45.2 Å². The molecule has 1 aliphatic carbocycles. The fraction of sp³-hybridized carbons (Fsp3) is 0.591. The second-order valence-corrected chi connectivity index (χ2v) is 9.09. The summed E-state index contributed by atoms with van der Waals surface area (Å²) in [6, 6.07) is 4.66. The SMILES string of the molecule is O=C(NC(=S)N1CCCC2=CC3CC(CN4CCCCC34)C21)c1cccnc1. The molecule has 148 valence electrons. The quantitative estimate of drug-likeness (QED) is 0.584. The van der Waals surface area contributed by atoms with Crippen molar-refractivity contribution in [1.29, 1.82) is 0 Å². The first-order valence-electron chi connectivity index (χ1n) is 10.7. The monoisotopic (exact) mass is 396 g/mol. The third-order valence-electron chi connectivity index (χ3n) is 7.06. The molecule has 5 rings (SSSR count). The first kappa shape index (κ1) is 18.3. The Labute approximate surface area is 172 Å². The highest BCUT2D eigenvalue weighted by Gasteiger charge is 2.46. The number of pyridine rings is 1. The lowest BCUT2D eigenvalue weighted by atomic mass is 9.68. The Hall–Kier alpha value is -1.79. The Morgan fingerprint density at radius 3 is 3.04 bits per heavy atom. The molecule has 0 spiro atoms. The Morgan fingerprint density at radius 2 is 2.18 bits per heavy atom. The topological polar surface area (TPSA) is 48.5 Å². The molecule has 1 amide bonds. The molecule has 4 heterocycles. The van der Waals surface area contributed by atoms with Crippen molar-refractivity contribution in [2.75, 3.05) is 19.6 Å². The van der Waals surface area contributed by atoms with Crippen LogP contribution in [0.4, 0.5) is 0 Å². The van der Waals surface area contributed by atoms with E-state index in [2.05, 4.69) is 26.2 Å². The number of amides is 1. The van der Waals surface area contributed by atoms with Gasteiger partial charge >= 0.3 is 0 Å². The lowest BCUT2D eigenvalue weighted by Crippen LogP contribution is -2.61. The predicted molar refractivity (Wildman–Crippen MR) is 113 cm³/mol. The number of aromatic nitrogens is 1. The number of hydrogen-bond acceptors (Lipinski definition) is 4. The predicted octanol–water partition coefficient (Wildman–Crippen LogP) is 2.99. The molecule has 4 atom stereocenters. The lowest BCUT2D eigenvalue weighted by molar-refractivity contribution is 0.0127. The van der Waals surface area contributed by atoms with E-state index in [4.69, 9.17) is 12.2 Å². The van der Waals surface area contributed by atoms with E-state index in [1.807, 2.05) is 0 Å². The second kappa shape index (κ2) is 7.56. The van der Waals surface area contributed by atoms with Gasteiger partial charge < -0.3 is 4.90 Å². The van der Waals surface area contributed by atoms with Crippen LogP contribution >= 0.6 is 12.2 Å². The van der Waals surface area contributed by atoms with E-state index in [0.717, 1.165) is 19.0 Å². The highest BCUT2D eigenvalue weighted by Crippen LogP contribution is 2.45. The van der Waals surface area contributed by atoms with Crippen LogP contribution in [0.1, 0.15) is 48.9 Å². The second-order valence-electron chi connectivity index (χ2n) is 8.70.